The zero-order chi connectivity index (χ0) is 13.9. The molecule has 1 N–H and O–H groups in total. The van der Waals surface area contributed by atoms with Gasteiger partial charge in [0.15, 0.2) is 5.78 Å². The van der Waals surface area contributed by atoms with Gasteiger partial charge in [0.25, 0.3) is 0 Å². The van der Waals surface area contributed by atoms with Crippen LogP contribution in [0, 0.1) is 13.8 Å². The van der Waals surface area contributed by atoms with Crippen LogP contribution in [0.4, 0.5) is 0 Å². The normalized spacial score (nSPS) is 12.6. The number of H-pyrrole nitrogens is 1. The van der Waals surface area contributed by atoms with E-state index >= 15 is 0 Å². The highest BCUT2D eigenvalue weighted by atomic mass is 32.1. The van der Waals surface area contributed by atoms with Crippen molar-refractivity contribution in [3.8, 4) is 21.8 Å². The lowest BCUT2D eigenvalue weighted by Crippen LogP contribution is -1.97. The molecule has 1 aliphatic rings. The molecule has 0 saturated carbocycles. The Balaban J connectivity index is 1.99. The number of ketones is 1. The number of hydrogen-bond acceptors (Lipinski definition) is 4. The molecular formula is C15H11N3OS. The highest BCUT2D eigenvalue weighted by Crippen LogP contribution is 2.41. The molecule has 2 heterocycles. The summed E-state index contributed by atoms with van der Waals surface area (Å²) in [6.45, 7) is 3.92. The van der Waals surface area contributed by atoms with Gasteiger partial charge < -0.3 is 0 Å². The van der Waals surface area contributed by atoms with E-state index in [1.54, 1.807) is 11.3 Å². The largest absolute Gasteiger partial charge is 0.288 e. The summed E-state index contributed by atoms with van der Waals surface area (Å²) in [6.07, 6.45) is 0. The number of thiazole rings is 1. The molecule has 1 aromatic carbocycles. The smallest absolute Gasteiger partial charge is 0.198 e. The number of nitrogens with one attached hydrogen (secondary N) is 1. The van der Waals surface area contributed by atoms with Gasteiger partial charge in [-0.1, -0.05) is 24.3 Å². The molecule has 1 aliphatic carbocycles. The number of aromatic nitrogens is 3. The number of carbonyl (C=O) groups is 1. The van der Waals surface area contributed by atoms with Gasteiger partial charge in [0.05, 0.1) is 26.8 Å². The Labute approximate surface area is 119 Å². The predicted octanol–water partition coefficient (Wildman–Crippen LogP) is 3.36. The molecular weight excluding hydrogens is 270 g/mol. The van der Waals surface area contributed by atoms with E-state index in [1.807, 2.05) is 38.1 Å². The summed E-state index contributed by atoms with van der Waals surface area (Å²) in [6, 6.07) is 7.61. The van der Waals surface area contributed by atoms with Crippen molar-refractivity contribution in [1.29, 1.82) is 0 Å². The number of nitrogens with zero attached hydrogens (tertiary/aromatic N) is 2. The van der Waals surface area contributed by atoms with E-state index in [0.717, 1.165) is 38.1 Å². The van der Waals surface area contributed by atoms with Crippen molar-refractivity contribution in [1.82, 2.24) is 15.2 Å². The van der Waals surface area contributed by atoms with Crippen LogP contribution in [0.3, 0.4) is 0 Å². The van der Waals surface area contributed by atoms with E-state index in [9.17, 15) is 4.79 Å². The van der Waals surface area contributed by atoms with Crippen molar-refractivity contribution in [2.24, 2.45) is 0 Å². The first-order chi connectivity index (χ1) is 9.66. The quantitative estimate of drug-likeness (QED) is 0.582. The van der Waals surface area contributed by atoms with Crippen molar-refractivity contribution in [2.75, 3.05) is 0 Å². The lowest BCUT2D eigenvalue weighted by Gasteiger charge is -1.98. The van der Waals surface area contributed by atoms with E-state index in [2.05, 4.69) is 15.2 Å². The third-order valence-electron chi connectivity index (χ3n) is 3.55. The second-order valence-corrected chi connectivity index (χ2v) is 6.05. The van der Waals surface area contributed by atoms with E-state index in [1.165, 1.54) is 0 Å². The third-order valence-corrected chi connectivity index (χ3v) is 4.64. The van der Waals surface area contributed by atoms with Gasteiger partial charge in [0, 0.05) is 11.1 Å². The Morgan fingerprint density at radius 3 is 2.60 bits per heavy atom. The van der Waals surface area contributed by atoms with Crippen molar-refractivity contribution < 1.29 is 4.79 Å². The summed E-state index contributed by atoms with van der Waals surface area (Å²) in [5.41, 5.74) is 4.81. The van der Waals surface area contributed by atoms with Gasteiger partial charge in [-0.15, -0.1) is 11.3 Å². The first-order valence-electron chi connectivity index (χ1n) is 6.33. The number of hydrogen-bond donors (Lipinski definition) is 1. The Morgan fingerprint density at radius 2 is 1.90 bits per heavy atom. The maximum Gasteiger partial charge on any atom is 0.198 e. The molecule has 0 fully saturated rings. The second-order valence-electron chi connectivity index (χ2n) is 4.84. The molecule has 0 radical (unpaired) electrons. The van der Waals surface area contributed by atoms with Crippen LogP contribution in [0.25, 0.3) is 21.8 Å². The molecule has 5 heteroatoms. The third kappa shape index (κ3) is 1.38. The van der Waals surface area contributed by atoms with Crippen LogP contribution in [0.5, 0.6) is 0 Å². The molecule has 0 amide bonds. The number of rotatable bonds is 1. The Morgan fingerprint density at radius 1 is 1.15 bits per heavy atom. The van der Waals surface area contributed by atoms with Gasteiger partial charge in [0.2, 0.25) is 0 Å². The first-order valence-corrected chi connectivity index (χ1v) is 7.15. The summed E-state index contributed by atoms with van der Waals surface area (Å²) in [4.78, 5) is 18.0. The number of aryl methyl sites for hydroxylation is 2. The molecule has 0 aliphatic heterocycles. The molecule has 3 aromatic rings. The van der Waals surface area contributed by atoms with Crippen LogP contribution in [0.2, 0.25) is 0 Å². The Hall–Kier alpha value is -2.27. The minimum atomic E-state index is 0.0461. The summed E-state index contributed by atoms with van der Waals surface area (Å²) < 4.78 is 0. The molecule has 0 unspecified atom stereocenters. The average Bonchev–Trinajstić information content (AvgIpc) is 3.07. The molecule has 4 rings (SSSR count). The number of carbonyl (C=O) groups excluding carboxylic acids is 1. The van der Waals surface area contributed by atoms with Gasteiger partial charge in [-0.3, -0.25) is 9.89 Å². The maximum absolute atomic E-state index is 12.6. The first kappa shape index (κ1) is 11.5. The van der Waals surface area contributed by atoms with Crippen molar-refractivity contribution in [2.45, 2.75) is 13.8 Å². The fraction of sp³-hybridized carbons (Fsp3) is 0.133. The molecule has 0 bridgehead atoms. The fourth-order valence-electron chi connectivity index (χ4n) is 2.71. The van der Waals surface area contributed by atoms with Crippen LogP contribution < -0.4 is 0 Å². The summed E-state index contributed by atoms with van der Waals surface area (Å²) in [5.74, 6) is 0.0461. The number of aromatic amines is 1. The topological polar surface area (TPSA) is 58.6 Å². The molecule has 0 saturated heterocycles. The van der Waals surface area contributed by atoms with Gasteiger partial charge in [-0.2, -0.15) is 5.10 Å². The lowest BCUT2D eigenvalue weighted by molar-refractivity contribution is 0.104. The molecule has 2 aromatic heterocycles. The van der Waals surface area contributed by atoms with Crippen LogP contribution in [-0.4, -0.2) is 21.0 Å². The minimum absolute atomic E-state index is 0.0461. The zero-order valence-electron chi connectivity index (χ0n) is 11.0. The zero-order valence-corrected chi connectivity index (χ0v) is 11.8. The summed E-state index contributed by atoms with van der Waals surface area (Å²) >= 11 is 1.58. The molecule has 98 valence electrons. The minimum Gasteiger partial charge on any atom is -0.288 e. The van der Waals surface area contributed by atoms with Crippen LogP contribution in [-0.2, 0) is 0 Å². The van der Waals surface area contributed by atoms with E-state index in [-0.39, 0.29) is 5.78 Å². The monoisotopic (exact) mass is 281 g/mol. The maximum atomic E-state index is 12.6. The van der Waals surface area contributed by atoms with Gasteiger partial charge >= 0.3 is 0 Å². The van der Waals surface area contributed by atoms with E-state index in [4.69, 9.17) is 0 Å². The Bertz CT molecular complexity index is 860. The standard InChI is InChI=1S/C15H11N3OS/c1-7-15(20-8(2)16-7)13-11-12(17-18-13)9-5-3-4-6-10(9)14(11)19/h3-6H,1-2H3,(H,17,18). The SMILES string of the molecule is Cc1nc(C)c(-c2[nH]nc3c2C(=O)c2ccccc2-3)s1. The molecule has 0 atom stereocenters. The summed E-state index contributed by atoms with van der Waals surface area (Å²) in [5, 5.41) is 8.36. The predicted molar refractivity (Wildman–Crippen MR) is 78.0 cm³/mol. The summed E-state index contributed by atoms with van der Waals surface area (Å²) in [7, 11) is 0. The van der Waals surface area contributed by atoms with Crippen LogP contribution >= 0.6 is 11.3 Å². The van der Waals surface area contributed by atoms with Crippen LogP contribution in [0.15, 0.2) is 24.3 Å². The van der Waals surface area contributed by atoms with E-state index < -0.39 is 0 Å². The second kappa shape index (κ2) is 3.86. The fourth-order valence-corrected chi connectivity index (χ4v) is 3.63. The van der Waals surface area contributed by atoms with Crippen LogP contribution in [0.1, 0.15) is 26.6 Å². The number of benzene rings is 1. The van der Waals surface area contributed by atoms with Crippen molar-refractivity contribution >= 4 is 17.1 Å². The average molecular weight is 281 g/mol. The Kier molecular flexibility index (Phi) is 2.23. The van der Waals surface area contributed by atoms with Gasteiger partial charge in [0.1, 0.15) is 5.69 Å². The lowest BCUT2D eigenvalue weighted by atomic mass is 10.1. The van der Waals surface area contributed by atoms with E-state index in [0.29, 0.717) is 5.56 Å². The molecule has 20 heavy (non-hydrogen) atoms. The van der Waals surface area contributed by atoms with Gasteiger partial charge in [-0.05, 0) is 13.8 Å². The molecule has 4 nitrogen and oxygen atoms in total. The highest BCUT2D eigenvalue weighted by molar-refractivity contribution is 7.15. The van der Waals surface area contributed by atoms with Crippen molar-refractivity contribution in [3.05, 3.63) is 46.1 Å². The van der Waals surface area contributed by atoms with Crippen molar-refractivity contribution in [3.63, 3.8) is 0 Å². The van der Waals surface area contributed by atoms with Gasteiger partial charge in [-0.25, -0.2) is 4.98 Å². The highest BCUT2D eigenvalue weighted by Gasteiger charge is 2.33. The molecule has 0 spiro atoms. The number of fused-ring (bicyclic) bond motifs is 3.